The fourth-order valence-corrected chi connectivity index (χ4v) is 6.76. The van der Waals surface area contributed by atoms with E-state index in [0.717, 1.165) is 122 Å². The molecule has 6 nitrogen and oxygen atoms in total. The number of carbonyl (C=O) groups excluding carboxylic acids is 3. The molecule has 0 saturated heterocycles. The molecular weight excluding hydrogens is 817 g/mol. The summed E-state index contributed by atoms with van der Waals surface area (Å²) in [6.07, 6.45) is 73.4. The van der Waals surface area contributed by atoms with Gasteiger partial charge in [0.2, 0.25) is 0 Å². The van der Waals surface area contributed by atoms with Gasteiger partial charge in [0.05, 0.1) is 0 Å². The highest BCUT2D eigenvalue weighted by Gasteiger charge is 2.19. The van der Waals surface area contributed by atoms with Crippen molar-refractivity contribution in [1.82, 2.24) is 0 Å². The molecule has 0 fully saturated rings. The number of hydrogen-bond donors (Lipinski definition) is 0. The number of hydrogen-bond acceptors (Lipinski definition) is 6. The van der Waals surface area contributed by atoms with Crippen LogP contribution >= 0.6 is 0 Å². The van der Waals surface area contributed by atoms with Crippen molar-refractivity contribution in [2.45, 2.75) is 226 Å². The van der Waals surface area contributed by atoms with E-state index >= 15 is 0 Å². The van der Waals surface area contributed by atoms with Crippen LogP contribution in [0.15, 0.2) is 122 Å². The van der Waals surface area contributed by atoms with E-state index in [2.05, 4.69) is 130 Å². The van der Waals surface area contributed by atoms with E-state index in [1.165, 1.54) is 51.4 Å². The molecule has 0 aromatic carbocycles. The molecule has 0 aromatic heterocycles. The van der Waals surface area contributed by atoms with Crippen LogP contribution in [0, 0.1) is 0 Å². The summed E-state index contributed by atoms with van der Waals surface area (Å²) in [5, 5.41) is 0. The second kappa shape index (κ2) is 53.4. The molecule has 0 bridgehead atoms. The highest BCUT2D eigenvalue weighted by atomic mass is 16.6. The molecule has 372 valence electrons. The van der Waals surface area contributed by atoms with Crippen molar-refractivity contribution in [2.75, 3.05) is 13.2 Å². The van der Waals surface area contributed by atoms with E-state index in [9.17, 15) is 14.4 Å². The first-order valence-corrected chi connectivity index (χ1v) is 26.5. The summed E-state index contributed by atoms with van der Waals surface area (Å²) in [5.41, 5.74) is 0. The van der Waals surface area contributed by atoms with Crippen LogP contribution in [0.2, 0.25) is 0 Å². The minimum Gasteiger partial charge on any atom is -0.462 e. The Bertz CT molecular complexity index is 1420. The fourth-order valence-electron chi connectivity index (χ4n) is 6.76. The zero-order valence-electron chi connectivity index (χ0n) is 42.4. The van der Waals surface area contributed by atoms with Gasteiger partial charge in [0, 0.05) is 19.3 Å². The number of allylic oxidation sites excluding steroid dienone is 20. The van der Waals surface area contributed by atoms with Crippen LogP contribution in [0.25, 0.3) is 0 Å². The molecule has 0 aliphatic heterocycles. The van der Waals surface area contributed by atoms with Gasteiger partial charge in [-0.3, -0.25) is 14.4 Å². The van der Waals surface area contributed by atoms with Crippen molar-refractivity contribution in [1.29, 1.82) is 0 Å². The highest BCUT2D eigenvalue weighted by Crippen LogP contribution is 2.13. The summed E-state index contributed by atoms with van der Waals surface area (Å²) < 4.78 is 16.7. The lowest BCUT2D eigenvalue weighted by Gasteiger charge is -2.18. The Hall–Kier alpha value is -4.19. The molecule has 0 aromatic rings. The standard InChI is InChI=1S/C60H96O6/c1-4-7-10-13-16-19-22-25-27-28-29-30-31-32-33-36-38-41-44-47-50-53-59(62)65-56-57(55-64-58(61)52-49-46-43-40-37-34-24-21-18-15-12-9-6-3)66-60(63)54-51-48-45-42-39-35-26-23-20-17-14-11-8-5-2/h7,9-10,12,14,16-19,21,23,25-27,29-30,34,37,43,46,57H,4-6,8,11,13,15,20,22,24,28,31-33,35-36,38-42,44-45,47-56H2,1-3H3/b10-7-,12-9-,17-14-,19-16-,21-18-,26-23-,27-25-,30-29-,37-34-,46-43-. The molecule has 0 aliphatic rings. The van der Waals surface area contributed by atoms with Gasteiger partial charge >= 0.3 is 17.9 Å². The van der Waals surface area contributed by atoms with Crippen LogP contribution in [-0.4, -0.2) is 37.2 Å². The van der Waals surface area contributed by atoms with Gasteiger partial charge in [-0.05, 0) is 109 Å². The Morgan fingerprint density at radius 3 is 1.02 bits per heavy atom. The quantitative estimate of drug-likeness (QED) is 0.0262. The Labute approximate surface area is 405 Å². The first-order valence-electron chi connectivity index (χ1n) is 26.5. The van der Waals surface area contributed by atoms with Crippen LogP contribution < -0.4 is 0 Å². The maximum absolute atomic E-state index is 12.8. The number of carbonyl (C=O) groups is 3. The number of esters is 3. The maximum atomic E-state index is 12.8. The summed E-state index contributed by atoms with van der Waals surface area (Å²) in [5.74, 6) is -1.03. The van der Waals surface area contributed by atoms with Crippen molar-refractivity contribution < 1.29 is 28.6 Å². The topological polar surface area (TPSA) is 78.9 Å². The molecule has 0 aliphatic carbocycles. The zero-order valence-corrected chi connectivity index (χ0v) is 42.4. The van der Waals surface area contributed by atoms with E-state index in [0.29, 0.717) is 19.3 Å². The van der Waals surface area contributed by atoms with Gasteiger partial charge in [0.25, 0.3) is 0 Å². The second-order valence-corrected chi connectivity index (χ2v) is 17.0. The largest absolute Gasteiger partial charge is 0.462 e. The summed E-state index contributed by atoms with van der Waals surface area (Å²) in [6.45, 7) is 6.27. The maximum Gasteiger partial charge on any atom is 0.306 e. The number of unbranched alkanes of at least 4 members (excludes halogenated alkanes) is 15. The Morgan fingerprint density at radius 1 is 0.318 bits per heavy atom. The van der Waals surface area contributed by atoms with Gasteiger partial charge in [-0.25, -0.2) is 0 Å². The van der Waals surface area contributed by atoms with E-state index in [1.54, 1.807) is 0 Å². The fraction of sp³-hybridized carbons (Fsp3) is 0.617. The Morgan fingerprint density at radius 2 is 0.621 bits per heavy atom. The van der Waals surface area contributed by atoms with Gasteiger partial charge in [-0.15, -0.1) is 0 Å². The van der Waals surface area contributed by atoms with E-state index < -0.39 is 6.10 Å². The summed E-state index contributed by atoms with van der Waals surface area (Å²) >= 11 is 0. The minimum absolute atomic E-state index is 0.113. The molecule has 0 radical (unpaired) electrons. The van der Waals surface area contributed by atoms with Crippen LogP contribution in [0.5, 0.6) is 0 Å². The minimum atomic E-state index is -0.820. The molecule has 0 amide bonds. The Balaban J connectivity index is 4.46. The summed E-state index contributed by atoms with van der Waals surface area (Å²) in [7, 11) is 0. The third-order valence-electron chi connectivity index (χ3n) is 10.7. The van der Waals surface area contributed by atoms with Crippen molar-refractivity contribution >= 4 is 17.9 Å². The monoisotopic (exact) mass is 913 g/mol. The summed E-state index contributed by atoms with van der Waals surface area (Å²) in [4.78, 5) is 38.0. The summed E-state index contributed by atoms with van der Waals surface area (Å²) in [6, 6.07) is 0. The third kappa shape index (κ3) is 50.8. The van der Waals surface area contributed by atoms with E-state index in [1.807, 2.05) is 12.2 Å². The molecule has 1 atom stereocenters. The average molecular weight is 913 g/mol. The highest BCUT2D eigenvalue weighted by molar-refractivity contribution is 5.71. The molecular formula is C60H96O6. The number of rotatable bonds is 46. The van der Waals surface area contributed by atoms with Gasteiger partial charge < -0.3 is 14.2 Å². The Kier molecular flexibility index (Phi) is 50.0. The predicted molar refractivity (Wildman–Crippen MR) is 283 cm³/mol. The van der Waals surface area contributed by atoms with E-state index in [-0.39, 0.29) is 37.5 Å². The lowest BCUT2D eigenvalue weighted by Crippen LogP contribution is -2.30. The molecule has 0 spiro atoms. The zero-order chi connectivity index (χ0) is 47.9. The van der Waals surface area contributed by atoms with Crippen LogP contribution in [-0.2, 0) is 28.6 Å². The smallest absolute Gasteiger partial charge is 0.306 e. The van der Waals surface area contributed by atoms with Crippen LogP contribution in [0.4, 0.5) is 0 Å². The van der Waals surface area contributed by atoms with Gasteiger partial charge in [-0.2, -0.15) is 0 Å². The first kappa shape index (κ1) is 61.8. The van der Waals surface area contributed by atoms with Crippen molar-refractivity contribution in [3.05, 3.63) is 122 Å². The normalized spacial score (nSPS) is 13.1. The first-order chi connectivity index (χ1) is 32.5. The van der Waals surface area contributed by atoms with Crippen molar-refractivity contribution in [3.8, 4) is 0 Å². The third-order valence-corrected chi connectivity index (χ3v) is 10.7. The SMILES string of the molecule is CC/C=C\C/C=C\C/C=C\C/C=C\CCCCCCCCCCC(=O)OCC(COC(=O)CC/C=C\C/C=C\C/C=C\C/C=C\CC)OC(=O)CCCCCCC/C=C\C/C=C\CCCC. The molecule has 0 saturated carbocycles. The lowest BCUT2D eigenvalue weighted by molar-refractivity contribution is -0.166. The van der Waals surface area contributed by atoms with Gasteiger partial charge in [0.1, 0.15) is 13.2 Å². The molecule has 66 heavy (non-hydrogen) atoms. The van der Waals surface area contributed by atoms with Gasteiger partial charge in [-0.1, -0.05) is 213 Å². The van der Waals surface area contributed by atoms with Crippen molar-refractivity contribution in [2.24, 2.45) is 0 Å². The van der Waals surface area contributed by atoms with Crippen molar-refractivity contribution in [3.63, 3.8) is 0 Å². The lowest BCUT2D eigenvalue weighted by atomic mass is 10.1. The molecule has 1 unspecified atom stereocenters. The van der Waals surface area contributed by atoms with E-state index in [4.69, 9.17) is 14.2 Å². The molecule has 6 heteroatoms. The average Bonchev–Trinajstić information content (AvgIpc) is 3.31. The predicted octanol–water partition coefficient (Wildman–Crippen LogP) is 17.7. The second-order valence-electron chi connectivity index (χ2n) is 17.0. The van der Waals surface area contributed by atoms with Crippen LogP contribution in [0.1, 0.15) is 220 Å². The number of ether oxygens (including phenoxy) is 3. The van der Waals surface area contributed by atoms with Crippen LogP contribution in [0.3, 0.4) is 0 Å². The molecule has 0 heterocycles. The van der Waals surface area contributed by atoms with Gasteiger partial charge in [0.15, 0.2) is 6.10 Å². The molecule has 0 rings (SSSR count). The molecule has 0 N–H and O–H groups in total.